The third-order valence-electron chi connectivity index (χ3n) is 20.5. The van der Waals surface area contributed by atoms with Crippen molar-refractivity contribution in [3.63, 3.8) is 0 Å². The van der Waals surface area contributed by atoms with Gasteiger partial charge in [0.2, 0.25) is 6.71 Å². The molecule has 2 nitrogen and oxygen atoms in total. The molecule has 0 saturated heterocycles. The molecule has 0 N–H and O–H groups in total. The van der Waals surface area contributed by atoms with Crippen LogP contribution in [0.15, 0.2) is 71.8 Å². The van der Waals surface area contributed by atoms with E-state index in [9.17, 15) is 0 Å². The van der Waals surface area contributed by atoms with E-state index in [1.807, 2.05) is 0 Å². The lowest BCUT2D eigenvalue weighted by atomic mass is 9.31. The van der Waals surface area contributed by atoms with Gasteiger partial charge in [0.25, 0.3) is 0 Å². The van der Waals surface area contributed by atoms with Gasteiger partial charge in [-0.15, -0.1) is 11.3 Å². The third-order valence-corrected chi connectivity index (χ3v) is 24.6. The molecule has 0 amide bonds. The molecular weight excluding hydrogens is 880 g/mol. The number of aryl methyl sites for hydroxylation is 1. The van der Waals surface area contributed by atoms with Gasteiger partial charge in [0.1, 0.15) is 0 Å². The summed E-state index contributed by atoms with van der Waals surface area (Å²) in [6.07, 6.45) is 10.9. The highest BCUT2D eigenvalue weighted by molar-refractivity contribution is 7.26. The Morgan fingerprint density at radius 3 is 1.90 bits per heavy atom. The summed E-state index contributed by atoms with van der Waals surface area (Å²) in [5.74, 6) is 0. The summed E-state index contributed by atoms with van der Waals surface area (Å²) in [5.41, 5.74) is 24.5. The number of allylic oxidation sites excluding steroid dienone is 1. The van der Waals surface area contributed by atoms with Crippen molar-refractivity contribution in [3.05, 3.63) is 116 Å². The Labute approximate surface area is 430 Å². The number of rotatable bonds is 4. The molecule has 70 heavy (non-hydrogen) atoms. The number of benzene rings is 4. The second-order valence-corrected chi connectivity index (χ2v) is 36.1. The van der Waals surface area contributed by atoms with Crippen molar-refractivity contribution in [2.75, 3.05) is 9.80 Å². The van der Waals surface area contributed by atoms with Crippen LogP contribution < -0.4 is 20.7 Å². The highest BCUT2D eigenvalue weighted by Gasteiger charge is 2.55. The highest BCUT2D eigenvalue weighted by Crippen LogP contribution is 2.60. The molecule has 0 bridgehead atoms. The van der Waals surface area contributed by atoms with Crippen molar-refractivity contribution in [3.8, 4) is 0 Å². The van der Waals surface area contributed by atoms with E-state index in [1.54, 1.807) is 55.5 Å². The zero-order chi connectivity index (χ0) is 50.4. The van der Waals surface area contributed by atoms with Gasteiger partial charge in [0.05, 0.1) is 11.0 Å². The smallest absolute Gasteiger partial charge is 0.248 e. The van der Waals surface area contributed by atoms with E-state index in [-0.39, 0.29) is 50.7 Å². The minimum Gasteiger partial charge on any atom is -0.327 e. The first-order valence-corrected chi connectivity index (χ1v) is 32.2. The Bertz CT molecular complexity index is 3050. The summed E-state index contributed by atoms with van der Waals surface area (Å²) in [6.45, 7) is 48.1. The molecule has 1 aromatic heterocycles. The molecule has 3 atom stereocenters. The van der Waals surface area contributed by atoms with Crippen LogP contribution in [0, 0.1) is 6.92 Å². The molecule has 4 aliphatic carbocycles. The topological polar surface area (TPSA) is 6.48 Å². The van der Waals surface area contributed by atoms with Gasteiger partial charge in [0.15, 0.2) is 0 Å². The monoisotopic (exact) mass is 967 g/mol. The number of nitrogens with zero attached hydrogens (tertiary/aromatic N) is 2. The second kappa shape index (κ2) is 15.3. The summed E-state index contributed by atoms with van der Waals surface area (Å²) in [5, 5.41) is 3.02. The highest BCUT2D eigenvalue weighted by atomic mass is 32.1. The van der Waals surface area contributed by atoms with Crippen LogP contribution in [-0.2, 0) is 37.9 Å². The molecule has 3 heterocycles. The predicted octanol–water partition coefficient (Wildman–Crippen LogP) is 17.5. The first-order valence-electron chi connectivity index (χ1n) is 27.8. The number of hydrogen-bond acceptors (Lipinski definition) is 3. The largest absolute Gasteiger partial charge is 0.327 e. The van der Waals surface area contributed by atoms with Crippen molar-refractivity contribution in [2.45, 2.75) is 238 Å². The van der Waals surface area contributed by atoms with Crippen LogP contribution in [0.5, 0.6) is 0 Å². The first-order chi connectivity index (χ1) is 32.4. The normalized spacial score (nSPS) is 25.7. The van der Waals surface area contributed by atoms with E-state index in [0.717, 1.165) is 6.42 Å². The third kappa shape index (κ3) is 7.08. The lowest BCUT2D eigenvalue weighted by Gasteiger charge is -2.55. The summed E-state index contributed by atoms with van der Waals surface area (Å²) in [4.78, 5) is 5.92. The summed E-state index contributed by atoms with van der Waals surface area (Å²) >= 11 is 2.13. The molecule has 5 heteroatoms. The molecule has 6 aliphatic rings. The van der Waals surface area contributed by atoms with Crippen molar-refractivity contribution in [1.82, 2.24) is 0 Å². The standard InChI is InChI=1S/C65H87BN2SSi/c1-20-65(16)32-31-63(12,13)47-37-43-53(38-48(47)65)69-58-55(43)66-49-25-24-45-54(64(14,15)30-29-61(45,8)9)57(49)67(41-22-23-44-46(34-41)62(10,11)28-27-60(44,6)7)51-35-42(70(17,18)19)36-52(56(51)66)68(58)50-26-21-40(33-39(50)2)59(3,4)5/h21-26,33-34,37-38,42,52H,20,27-32,35-36H2,1-19H3. The minimum absolute atomic E-state index is 0.0219. The van der Waals surface area contributed by atoms with Crippen LogP contribution in [0.25, 0.3) is 10.1 Å². The van der Waals surface area contributed by atoms with E-state index in [2.05, 4.69) is 212 Å². The van der Waals surface area contributed by atoms with Crippen LogP contribution in [0.4, 0.5) is 22.1 Å². The predicted molar refractivity (Wildman–Crippen MR) is 312 cm³/mol. The lowest BCUT2D eigenvalue weighted by Crippen LogP contribution is -2.63. The van der Waals surface area contributed by atoms with Gasteiger partial charge in [0, 0.05) is 35.5 Å². The van der Waals surface area contributed by atoms with Gasteiger partial charge in [-0.3, -0.25) is 0 Å². The molecule has 0 spiro atoms. The maximum Gasteiger partial charge on any atom is 0.248 e. The molecule has 2 aliphatic heterocycles. The maximum absolute atomic E-state index is 2.96. The second-order valence-electron chi connectivity index (χ2n) is 29.5. The average molecular weight is 967 g/mol. The molecule has 5 aromatic rings. The zero-order valence-corrected chi connectivity index (χ0v) is 49.0. The molecular formula is C65H87BN2SSi. The molecule has 0 saturated carbocycles. The summed E-state index contributed by atoms with van der Waals surface area (Å²) in [7, 11) is -1.70. The zero-order valence-electron chi connectivity index (χ0n) is 47.2. The van der Waals surface area contributed by atoms with Gasteiger partial charge in [-0.05, 0) is 205 Å². The number of fused-ring (bicyclic) bond motifs is 10. The van der Waals surface area contributed by atoms with Gasteiger partial charge in [-0.1, -0.05) is 154 Å². The van der Waals surface area contributed by atoms with Crippen LogP contribution in [0.1, 0.15) is 206 Å². The maximum atomic E-state index is 2.96. The van der Waals surface area contributed by atoms with E-state index in [1.165, 1.54) is 94.6 Å². The fourth-order valence-corrected chi connectivity index (χ4v) is 18.1. The van der Waals surface area contributed by atoms with Crippen molar-refractivity contribution < 1.29 is 0 Å². The number of thiophene rings is 1. The molecule has 0 radical (unpaired) electrons. The Morgan fingerprint density at radius 2 is 1.27 bits per heavy atom. The molecule has 3 unspecified atom stereocenters. The SMILES string of the molecule is CCC1(C)CCC(C)(C)c2cc3c4c(sc3cc21)N(c1ccc(C(C)(C)C)cc1C)C1CC([Si](C)(C)C)CC2=C1B4c1ccc3c(c1N2c1ccc2c(c1)C(C)(C)CCC2(C)C)C(C)(C)CCC3(C)C. The minimum atomic E-state index is -1.70. The molecule has 370 valence electrons. The molecule has 0 fully saturated rings. The van der Waals surface area contributed by atoms with E-state index in [0.29, 0.717) is 5.54 Å². The Hall–Kier alpha value is -3.54. The van der Waals surface area contributed by atoms with Crippen molar-refractivity contribution in [2.24, 2.45) is 0 Å². The van der Waals surface area contributed by atoms with Crippen LogP contribution in [0.2, 0.25) is 25.2 Å². The van der Waals surface area contributed by atoms with Crippen molar-refractivity contribution >= 4 is 69.2 Å². The van der Waals surface area contributed by atoms with Crippen LogP contribution in [-0.4, -0.2) is 20.8 Å². The average Bonchev–Trinajstić information content (AvgIpc) is 3.65. The van der Waals surface area contributed by atoms with E-state index < -0.39 is 8.07 Å². The van der Waals surface area contributed by atoms with Crippen LogP contribution >= 0.6 is 11.3 Å². The molecule has 4 aromatic carbocycles. The Balaban J connectivity index is 1.31. The fraction of sp³-hybridized carbons (Fsp3) is 0.569. The number of hydrogen-bond donors (Lipinski definition) is 0. The Morgan fingerprint density at radius 1 is 0.671 bits per heavy atom. The fourth-order valence-electron chi connectivity index (χ4n) is 15.0. The lowest BCUT2D eigenvalue weighted by molar-refractivity contribution is 0.305. The van der Waals surface area contributed by atoms with Crippen LogP contribution in [0.3, 0.4) is 0 Å². The van der Waals surface area contributed by atoms with Gasteiger partial charge in [-0.25, -0.2) is 0 Å². The Kier molecular flexibility index (Phi) is 10.6. The van der Waals surface area contributed by atoms with E-state index in [4.69, 9.17) is 0 Å². The summed E-state index contributed by atoms with van der Waals surface area (Å²) in [6, 6.07) is 26.5. The number of anilines is 4. The summed E-state index contributed by atoms with van der Waals surface area (Å²) < 4.78 is 1.49. The van der Waals surface area contributed by atoms with Gasteiger partial charge >= 0.3 is 0 Å². The molecule has 11 rings (SSSR count). The van der Waals surface area contributed by atoms with Gasteiger partial charge < -0.3 is 9.80 Å². The van der Waals surface area contributed by atoms with Gasteiger partial charge in [-0.2, -0.15) is 0 Å². The quantitative estimate of drug-likeness (QED) is 0.166. The van der Waals surface area contributed by atoms with Crippen molar-refractivity contribution in [1.29, 1.82) is 0 Å². The first kappa shape index (κ1) is 48.7. The van der Waals surface area contributed by atoms with E-state index >= 15 is 0 Å².